The number of ether oxygens (including phenoxy) is 1. The number of carbonyl (C=O) groups is 2. The van der Waals surface area contributed by atoms with Crippen molar-refractivity contribution >= 4 is 18.1 Å². The van der Waals surface area contributed by atoms with Crippen LogP contribution in [0.4, 0.5) is 13.6 Å². The minimum absolute atomic E-state index is 0.242. The van der Waals surface area contributed by atoms with Gasteiger partial charge in [0.25, 0.3) is 5.92 Å². The summed E-state index contributed by atoms with van der Waals surface area (Å²) in [6, 6.07) is 2.36. The highest BCUT2D eigenvalue weighted by Gasteiger charge is 2.25. The van der Waals surface area contributed by atoms with E-state index in [0.717, 1.165) is 18.3 Å². The van der Waals surface area contributed by atoms with Crippen molar-refractivity contribution in [1.82, 2.24) is 10.3 Å². The van der Waals surface area contributed by atoms with E-state index in [1.807, 2.05) is 0 Å². The molecule has 1 heterocycles. The number of alkyl carbamates (subject to hydrolysis) is 1. The molecule has 0 bridgehead atoms. The van der Waals surface area contributed by atoms with Crippen LogP contribution in [0.3, 0.4) is 0 Å². The summed E-state index contributed by atoms with van der Waals surface area (Å²) in [5.41, 5.74) is -1.45. The van der Waals surface area contributed by atoms with Gasteiger partial charge in [0.1, 0.15) is 17.0 Å². The summed E-state index contributed by atoms with van der Waals surface area (Å²) >= 11 is 0. The monoisotopic (exact) mass is 328 g/mol. The molecule has 1 rings (SSSR count). The molecule has 2 N–H and O–H groups in total. The quantitative estimate of drug-likeness (QED) is 0.829. The van der Waals surface area contributed by atoms with Gasteiger partial charge in [-0.25, -0.2) is 9.59 Å². The number of carboxylic acids is 1. The Balaban J connectivity index is 2.95. The van der Waals surface area contributed by atoms with Crippen LogP contribution in [-0.4, -0.2) is 27.8 Å². The summed E-state index contributed by atoms with van der Waals surface area (Å²) < 4.78 is 31.1. The van der Waals surface area contributed by atoms with Crippen molar-refractivity contribution in [3.8, 4) is 0 Å². The third-order valence-electron chi connectivity index (χ3n) is 2.41. The summed E-state index contributed by atoms with van der Waals surface area (Å²) in [4.78, 5) is 26.3. The number of rotatable bonds is 4. The number of halogens is 2. The maximum Gasteiger partial charge on any atom is 0.412 e. The lowest BCUT2D eigenvalue weighted by Gasteiger charge is -2.19. The summed E-state index contributed by atoms with van der Waals surface area (Å²) in [5, 5.41) is 11.2. The van der Waals surface area contributed by atoms with Crippen molar-refractivity contribution in [3.05, 3.63) is 35.3 Å². The van der Waals surface area contributed by atoms with E-state index in [-0.39, 0.29) is 5.56 Å². The van der Waals surface area contributed by atoms with Gasteiger partial charge in [-0.1, -0.05) is 6.07 Å². The maximum absolute atomic E-state index is 13.1. The average molecular weight is 328 g/mol. The van der Waals surface area contributed by atoms with Crippen LogP contribution in [0.5, 0.6) is 0 Å². The number of pyridine rings is 1. The Hall–Kier alpha value is -2.51. The minimum Gasteiger partial charge on any atom is -0.477 e. The number of nitrogens with zero attached hydrogens (tertiary/aromatic N) is 1. The number of hydrogen-bond acceptors (Lipinski definition) is 4. The van der Waals surface area contributed by atoms with Crippen molar-refractivity contribution in [2.24, 2.45) is 0 Å². The van der Waals surface area contributed by atoms with Gasteiger partial charge < -0.3 is 9.84 Å². The van der Waals surface area contributed by atoms with Gasteiger partial charge in [-0.05, 0) is 38.5 Å². The Bertz CT molecular complexity index is 614. The fourth-order valence-corrected chi connectivity index (χ4v) is 1.48. The zero-order chi connectivity index (χ0) is 17.8. The minimum atomic E-state index is -3.09. The van der Waals surface area contributed by atoms with Crippen LogP contribution >= 0.6 is 0 Å². The van der Waals surface area contributed by atoms with Gasteiger partial charge in [-0.2, -0.15) is 8.78 Å². The normalized spacial score (nSPS) is 12.7. The summed E-state index contributed by atoms with van der Waals surface area (Å²) in [6.45, 7) is 5.59. The number of nitrogens with one attached hydrogen (secondary N) is 1. The van der Waals surface area contributed by atoms with Crippen molar-refractivity contribution in [2.75, 3.05) is 0 Å². The first-order chi connectivity index (χ1) is 10.4. The molecule has 0 unspecified atom stereocenters. The number of aromatic nitrogens is 1. The largest absolute Gasteiger partial charge is 0.477 e. The highest BCUT2D eigenvalue weighted by atomic mass is 19.3. The summed E-state index contributed by atoms with van der Waals surface area (Å²) in [6.07, 6.45) is 1.25. The molecule has 1 amide bonds. The van der Waals surface area contributed by atoms with Crippen LogP contribution in [0.25, 0.3) is 6.08 Å². The van der Waals surface area contributed by atoms with Gasteiger partial charge in [-0.3, -0.25) is 10.3 Å². The summed E-state index contributed by atoms with van der Waals surface area (Å²) in [7, 11) is 0. The summed E-state index contributed by atoms with van der Waals surface area (Å²) in [5.74, 6) is -4.49. The number of carboxylic acid groups (broad SMARTS) is 1. The molecule has 0 aromatic carbocycles. The molecule has 1 aromatic rings. The lowest BCUT2D eigenvalue weighted by Crippen LogP contribution is -2.34. The average Bonchev–Trinajstić information content (AvgIpc) is 2.35. The number of hydrogen-bond donors (Lipinski definition) is 2. The number of amides is 1. The van der Waals surface area contributed by atoms with Crippen LogP contribution < -0.4 is 5.32 Å². The molecular formula is C15H18F2N2O4. The maximum atomic E-state index is 13.1. The zero-order valence-corrected chi connectivity index (χ0v) is 13.2. The lowest BCUT2D eigenvalue weighted by atomic mass is 10.2. The van der Waals surface area contributed by atoms with Crippen LogP contribution in [0.1, 0.15) is 39.0 Å². The number of carbonyl (C=O) groups excluding carboxylic acids is 1. The van der Waals surface area contributed by atoms with Gasteiger partial charge in [0, 0.05) is 13.1 Å². The van der Waals surface area contributed by atoms with E-state index in [2.05, 4.69) is 10.3 Å². The Morgan fingerprint density at radius 3 is 2.26 bits per heavy atom. The third kappa shape index (κ3) is 6.41. The van der Waals surface area contributed by atoms with E-state index >= 15 is 0 Å². The Kier molecular flexibility index (Phi) is 5.42. The van der Waals surface area contributed by atoms with E-state index in [4.69, 9.17) is 9.84 Å². The fourth-order valence-electron chi connectivity index (χ4n) is 1.48. The third-order valence-corrected chi connectivity index (χ3v) is 2.41. The van der Waals surface area contributed by atoms with Gasteiger partial charge in [0.15, 0.2) is 0 Å². The molecule has 0 fully saturated rings. The second-order valence-corrected chi connectivity index (χ2v) is 5.86. The first kappa shape index (κ1) is 18.5. The van der Waals surface area contributed by atoms with Gasteiger partial charge in [-0.15, -0.1) is 0 Å². The number of aliphatic carboxylic acids is 1. The molecule has 0 atom stereocenters. The molecule has 1 aromatic heterocycles. The van der Waals surface area contributed by atoms with Crippen molar-refractivity contribution in [2.45, 2.75) is 39.2 Å². The van der Waals surface area contributed by atoms with E-state index in [1.165, 1.54) is 6.07 Å². The highest BCUT2D eigenvalue weighted by molar-refractivity contribution is 5.95. The molecule has 0 radical (unpaired) electrons. The molecule has 0 saturated carbocycles. The van der Waals surface area contributed by atoms with Crippen LogP contribution in [0.2, 0.25) is 0 Å². The van der Waals surface area contributed by atoms with Crippen LogP contribution in [0, 0.1) is 0 Å². The molecule has 0 aliphatic rings. The van der Waals surface area contributed by atoms with Crippen molar-refractivity contribution < 1.29 is 28.2 Å². The molecule has 23 heavy (non-hydrogen) atoms. The first-order valence-corrected chi connectivity index (χ1v) is 6.68. The van der Waals surface area contributed by atoms with Gasteiger partial charge >= 0.3 is 12.1 Å². The van der Waals surface area contributed by atoms with Crippen molar-refractivity contribution in [1.29, 1.82) is 0 Å². The second kappa shape index (κ2) is 6.72. The topological polar surface area (TPSA) is 88.5 Å². The predicted molar refractivity (Wildman–Crippen MR) is 78.8 cm³/mol. The molecule has 126 valence electrons. The van der Waals surface area contributed by atoms with Crippen LogP contribution in [-0.2, 0) is 15.5 Å². The number of alkyl halides is 2. The molecular weight excluding hydrogens is 310 g/mol. The SMILES string of the molecule is CC(C)(C)OC(=O)N/C(=C/c1ccc(C(C)(F)F)nc1)C(=O)O. The Labute approximate surface area is 132 Å². The fraction of sp³-hybridized carbons (Fsp3) is 0.400. The molecule has 8 heteroatoms. The smallest absolute Gasteiger partial charge is 0.412 e. The van der Waals surface area contributed by atoms with Crippen LogP contribution in [0.15, 0.2) is 24.0 Å². The Morgan fingerprint density at radius 1 is 1.26 bits per heavy atom. The highest BCUT2D eigenvalue weighted by Crippen LogP contribution is 2.24. The molecule has 0 aliphatic carbocycles. The lowest BCUT2D eigenvalue weighted by molar-refractivity contribution is -0.133. The standard InChI is InChI=1S/C15H18F2N2O4/c1-14(2,3)23-13(22)19-10(12(20)21)7-9-5-6-11(18-8-9)15(4,16)17/h5-8H,1-4H3,(H,19,22)(H,20,21)/b10-7+. The van der Waals surface area contributed by atoms with E-state index in [1.54, 1.807) is 20.8 Å². The molecule has 0 aliphatic heterocycles. The van der Waals surface area contributed by atoms with Gasteiger partial charge in [0.2, 0.25) is 0 Å². The predicted octanol–water partition coefficient (Wildman–Crippen LogP) is 3.14. The molecule has 0 saturated heterocycles. The van der Waals surface area contributed by atoms with E-state index in [9.17, 15) is 18.4 Å². The molecule has 6 nitrogen and oxygen atoms in total. The Morgan fingerprint density at radius 2 is 1.87 bits per heavy atom. The zero-order valence-electron chi connectivity index (χ0n) is 13.2. The van der Waals surface area contributed by atoms with E-state index in [0.29, 0.717) is 6.92 Å². The molecule has 0 spiro atoms. The second-order valence-electron chi connectivity index (χ2n) is 5.86. The van der Waals surface area contributed by atoms with Gasteiger partial charge in [0.05, 0.1) is 0 Å². The van der Waals surface area contributed by atoms with E-state index < -0.39 is 35.0 Å². The van der Waals surface area contributed by atoms with Crippen molar-refractivity contribution in [3.63, 3.8) is 0 Å². The first-order valence-electron chi connectivity index (χ1n) is 6.68.